The summed E-state index contributed by atoms with van der Waals surface area (Å²) in [4.78, 5) is 42.3. The lowest BCUT2D eigenvalue weighted by atomic mass is 10.1. The Morgan fingerprint density at radius 1 is 1.35 bits per heavy atom. The first-order chi connectivity index (χ1) is 14.8. The summed E-state index contributed by atoms with van der Waals surface area (Å²) in [6, 6.07) is -0.743. The van der Waals surface area contributed by atoms with E-state index in [1.807, 2.05) is 6.92 Å². The summed E-state index contributed by atoms with van der Waals surface area (Å²) in [5.41, 5.74) is 1.26. The van der Waals surface area contributed by atoms with Crippen molar-refractivity contribution in [3.8, 4) is 0 Å². The van der Waals surface area contributed by atoms with Crippen molar-refractivity contribution in [3.05, 3.63) is 30.1 Å². The van der Waals surface area contributed by atoms with Gasteiger partial charge in [0.2, 0.25) is 11.8 Å². The van der Waals surface area contributed by atoms with Gasteiger partial charge >= 0.3 is 5.97 Å². The number of hydrogen-bond donors (Lipinski definition) is 5. The lowest BCUT2D eigenvalue weighted by Crippen LogP contribution is -2.47. The van der Waals surface area contributed by atoms with Gasteiger partial charge in [0.15, 0.2) is 0 Å². The third-order valence-corrected chi connectivity index (χ3v) is 4.24. The number of carbonyl (C=O) groups is 3. The van der Waals surface area contributed by atoms with Crippen molar-refractivity contribution in [2.45, 2.75) is 51.2 Å². The van der Waals surface area contributed by atoms with Gasteiger partial charge in [-0.1, -0.05) is 5.21 Å². The van der Waals surface area contributed by atoms with E-state index in [1.165, 1.54) is 17.9 Å². The van der Waals surface area contributed by atoms with Gasteiger partial charge < -0.3 is 25.7 Å². The molecule has 0 radical (unpaired) electrons. The molecule has 0 fully saturated rings. The van der Waals surface area contributed by atoms with Crippen molar-refractivity contribution in [3.63, 3.8) is 0 Å². The number of hydrogen-bond acceptors (Lipinski definition) is 9. The molecule has 2 heterocycles. The van der Waals surface area contributed by atoms with E-state index in [-0.39, 0.29) is 49.2 Å². The number of nitrogens with one attached hydrogen (secondary N) is 4. The smallest absolute Gasteiger partial charge is 0.307 e. The number of esters is 1. The Hall–Kier alpha value is -2.93. The summed E-state index contributed by atoms with van der Waals surface area (Å²) in [6.07, 6.45) is 5.30. The maximum Gasteiger partial charge on any atom is 0.307 e. The van der Waals surface area contributed by atoms with Crippen LogP contribution in [0.4, 0.5) is 0 Å². The Kier molecular flexibility index (Phi) is 9.97. The first-order valence-corrected chi connectivity index (χ1v) is 10.3. The molecule has 0 spiro atoms. The highest BCUT2D eigenvalue weighted by Gasteiger charge is 2.20. The van der Waals surface area contributed by atoms with Crippen LogP contribution in [0.25, 0.3) is 0 Å². The van der Waals surface area contributed by atoms with Crippen LogP contribution in [0.5, 0.6) is 0 Å². The molecule has 2 unspecified atom stereocenters. The van der Waals surface area contributed by atoms with Crippen LogP contribution in [0.1, 0.15) is 31.7 Å². The molecule has 13 heteroatoms. The van der Waals surface area contributed by atoms with Crippen LogP contribution >= 0.6 is 12.6 Å². The van der Waals surface area contributed by atoms with Crippen molar-refractivity contribution in [2.24, 2.45) is 0 Å². The SMILES string of the molecule is CC(=O)NC(Cc1cnc[nH]1)C(=O)NCc1cn(CCOC(=O)CCNC(C)S)nn1. The molecule has 170 valence electrons. The zero-order valence-corrected chi connectivity index (χ0v) is 18.4. The molecular formula is C18H28N8O4S. The minimum atomic E-state index is -0.743. The van der Waals surface area contributed by atoms with Gasteiger partial charge in [0, 0.05) is 37.2 Å². The number of ether oxygens (including phenoxy) is 1. The molecule has 2 aromatic heterocycles. The summed E-state index contributed by atoms with van der Waals surface area (Å²) in [6.45, 7) is 4.38. The third-order valence-electron chi connectivity index (χ3n) is 4.06. The Morgan fingerprint density at radius 3 is 2.84 bits per heavy atom. The highest BCUT2D eigenvalue weighted by molar-refractivity contribution is 7.80. The van der Waals surface area contributed by atoms with Gasteiger partial charge in [-0.05, 0) is 6.92 Å². The zero-order chi connectivity index (χ0) is 22.6. The van der Waals surface area contributed by atoms with Crippen molar-refractivity contribution in [1.82, 2.24) is 40.9 Å². The van der Waals surface area contributed by atoms with E-state index in [4.69, 9.17) is 4.74 Å². The van der Waals surface area contributed by atoms with Gasteiger partial charge in [-0.15, -0.1) is 5.10 Å². The molecule has 2 aromatic rings. The lowest BCUT2D eigenvalue weighted by Gasteiger charge is -2.16. The summed E-state index contributed by atoms with van der Waals surface area (Å²) >= 11 is 4.17. The highest BCUT2D eigenvalue weighted by atomic mass is 32.1. The molecule has 0 saturated carbocycles. The van der Waals surface area contributed by atoms with E-state index in [0.29, 0.717) is 18.8 Å². The summed E-state index contributed by atoms with van der Waals surface area (Å²) in [5, 5.41) is 16.3. The van der Waals surface area contributed by atoms with Crippen LogP contribution in [-0.4, -0.2) is 67.3 Å². The fourth-order valence-electron chi connectivity index (χ4n) is 2.61. The van der Waals surface area contributed by atoms with Crippen LogP contribution in [0.3, 0.4) is 0 Å². The second kappa shape index (κ2) is 12.7. The highest BCUT2D eigenvalue weighted by Crippen LogP contribution is 2.01. The number of rotatable bonds is 13. The van der Waals surface area contributed by atoms with Gasteiger partial charge in [-0.25, -0.2) is 9.67 Å². The van der Waals surface area contributed by atoms with Crippen LogP contribution in [0, 0.1) is 0 Å². The molecule has 31 heavy (non-hydrogen) atoms. The maximum atomic E-state index is 12.5. The van der Waals surface area contributed by atoms with Gasteiger partial charge in [0.25, 0.3) is 0 Å². The van der Waals surface area contributed by atoms with E-state index in [2.05, 4.69) is 48.9 Å². The number of thiol groups is 1. The molecule has 0 saturated heterocycles. The van der Waals surface area contributed by atoms with E-state index < -0.39 is 6.04 Å². The fourth-order valence-corrected chi connectivity index (χ4v) is 2.74. The van der Waals surface area contributed by atoms with E-state index >= 15 is 0 Å². The maximum absolute atomic E-state index is 12.5. The monoisotopic (exact) mass is 452 g/mol. The molecule has 0 aliphatic rings. The van der Waals surface area contributed by atoms with E-state index in [1.54, 1.807) is 12.4 Å². The normalized spacial score (nSPS) is 12.7. The first kappa shape index (κ1) is 24.3. The second-order valence-electron chi connectivity index (χ2n) is 6.83. The zero-order valence-electron chi connectivity index (χ0n) is 17.5. The predicted octanol–water partition coefficient (Wildman–Crippen LogP) is -0.836. The minimum absolute atomic E-state index is 0.0147. The Balaban J connectivity index is 1.74. The number of carbonyl (C=O) groups excluding carboxylic acids is 3. The van der Waals surface area contributed by atoms with E-state index in [0.717, 1.165) is 5.69 Å². The molecule has 2 atom stereocenters. The van der Waals surface area contributed by atoms with Crippen molar-refractivity contribution < 1.29 is 19.1 Å². The lowest BCUT2D eigenvalue weighted by molar-refractivity contribution is -0.143. The predicted molar refractivity (Wildman–Crippen MR) is 114 cm³/mol. The van der Waals surface area contributed by atoms with Crippen molar-refractivity contribution in [1.29, 1.82) is 0 Å². The quantitative estimate of drug-likeness (QED) is 0.150. The average molecular weight is 453 g/mol. The van der Waals surface area contributed by atoms with Crippen LogP contribution in [0.15, 0.2) is 18.7 Å². The number of aromatic amines is 1. The molecular weight excluding hydrogens is 424 g/mol. The molecule has 12 nitrogen and oxygen atoms in total. The van der Waals surface area contributed by atoms with Gasteiger partial charge in [0.05, 0.1) is 32.0 Å². The summed E-state index contributed by atoms with van der Waals surface area (Å²) in [7, 11) is 0. The molecule has 4 N–H and O–H groups in total. The van der Waals surface area contributed by atoms with Gasteiger partial charge in [-0.3, -0.25) is 14.4 Å². The van der Waals surface area contributed by atoms with Crippen molar-refractivity contribution in [2.75, 3.05) is 13.2 Å². The molecule has 0 bridgehead atoms. The summed E-state index contributed by atoms with van der Waals surface area (Å²) in [5.74, 6) is -0.969. The first-order valence-electron chi connectivity index (χ1n) is 9.81. The molecule has 0 aliphatic carbocycles. The number of H-pyrrole nitrogens is 1. The molecule has 0 aromatic carbocycles. The van der Waals surface area contributed by atoms with Gasteiger partial charge in [0.1, 0.15) is 18.3 Å². The molecule has 2 amide bonds. The minimum Gasteiger partial charge on any atom is -0.464 e. The molecule has 0 aliphatic heterocycles. The van der Waals surface area contributed by atoms with Crippen LogP contribution < -0.4 is 16.0 Å². The van der Waals surface area contributed by atoms with Crippen LogP contribution in [-0.2, 0) is 38.6 Å². The third kappa shape index (κ3) is 9.61. The fraction of sp³-hybridized carbons (Fsp3) is 0.556. The van der Waals surface area contributed by atoms with Crippen LogP contribution in [0.2, 0.25) is 0 Å². The Labute approximate surface area is 185 Å². The second-order valence-corrected chi connectivity index (χ2v) is 7.60. The average Bonchev–Trinajstić information content (AvgIpc) is 3.37. The number of nitrogens with zero attached hydrogens (tertiary/aromatic N) is 4. The van der Waals surface area contributed by atoms with Gasteiger partial charge in [-0.2, -0.15) is 12.6 Å². The van der Waals surface area contributed by atoms with E-state index in [9.17, 15) is 14.4 Å². The number of amides is 2. The summed E-state index contributed by atoms with van der Waals surface area (Å²) < 4.78 is 6.67. The number of imidazole rings is 1. The Bertz CT molecular complexity index is 839. The Morgan fingerprint density at radius 2 is 2.16 bits per heavy atom. The number of aromatic nitrogens is 5. The van der Waals surface area contributed by atoms with Crippen molar-refractivity contribution >= 4 is 30.4 Å². The topological polar surface area (TPSA) is 156 Å². The largest absolute Gasteiger partial charge is 0.464 e. The molecule has 2 rings (SSSR count). The standard InChI is InChI=1S/C18H28N8O4S/c1-12(27)23-16(7-14-8-19-11-22-14)18(29)21-9-15-10-26(25-24-15)5-6-30-17(28)3-4-20-13(2)31/h8,10-11,13,16,20,31H,3-7,9H2,1-2H3,(H,19,22)(H,21,29)(H,23,27).